The molecule has 4 heteroatoms. The average molecular weight is 296 g/mol. The van der Waals surface area contributed by atoms with Gasteiger partial charge in [0.25, 0.3) is 0 Å². The smallest absolute Gasteiger partial charge is 0.223 e. The number of carbonyl (C=O) groups excluding carboxylic acids is 1. The first-order chi connectivity index (χ1) is 10.2. The molecule has 2 rings (SSSR count). The third-order valence-electron chi connectivity index (χ3n) is 4.96. The molecule has 2 heterocycles. The lowest BCUT2D eigenvalue weighted by Crippen LogP contribution is -2.41. The highest BCUT2D eigenvalue weighted by Gasteiger charge is 2.22. The minimum absolute atomic E-state index is 0.354. The highest BCUT2D eigenvalue weighted by atomic mass is 16.5. The maximum atomic E-state index is 12.3. The third kappa shape index (κ3) is 5.59. The van der Waals surface area contributed by atoms with Gasteiger partial charge in [-0.2, -0.15) is 0 Å². The van der Waals surface area contributed by atoms with Gasteiger partial charge >= 0.3 is 0 Å². The van der Waals surface area contributed by atoms with Crippen LogP contribution in [0.3, 0.4) is 0 Å². The second-order valence-electron chi connectivity index (χ2n) is 6.79. The summed E-state index contributed by atoms with van der Waals surface area (Å²) in [6, 6.07) is 0. The molecule has 4 nitrogen and oxygen atoms in total. The van der Waals surface area contributed by atoms with E-state index in [0.29, 0.717) is 18.2 Å². The molecule has 0 saturated carbocycles. The van der Waals surface area contributed by atoms with E-state index in [1.165, 1.54) is 25.7 Å². The number of piperidine rings is 1. The summed E-state index contributed by atoms with van der Waals surface area (Å²) in [7, 11) is 0. The van der Waals surface area contributed by atoms with Crippen molar-refractivity contribution in [2.45, 2.75) is 46.0 Å². The fourth-order valence-corrected chi connectivity index (χ4v) is 3.50. The molecule has 1 atom stereocenters. The Bertz CT molecular complexity index is 316. The van der Waals surface area contributed by atoms with Crippen LogP contribution >= 0.6 is 0 Å². The molecule has 0 radical (unpaired) electrons. The van der Waals surface area contributed by atoms with Gasteiger partial charge in [0, 0.05) is 45.8 Å². The van der Waals surface area contributed by atoms with Gasteiger partial charge in [0.15, 0.2) is 0 Å². The van der Waals surface area contributed by atoms with Crippen LogP contribution in [0.4, 0.5) is 0 Å². The lowest BCUT2D eigenvalue weighted by Gasteiger charge is -2.32. The van der Waals surface area contributed by atoms with Gasteiger partial charge in [0.05, 0.1) is 0 Å². The molecular formula is C17H32N2O2. The highest BCUT2D eigenvalue weighted by molar-refractivity contribution is 5.76. The van der Waals surface area contributed by atoms with E-state index in [1.807, 2.05) is 0 Å². The second-order valence-corrected chi connectivity index (χ2v) is 6.79. The molecule has 0 bridgehead atoms. The van der Waals surface area contributed by atoms with E-state index in [9.17, 15) is 4.79 Å². The lowest BCUT2D eigenvalue weighted by molar-refractivity contribution is -0.133. The van der Waals surface area contributed by atoms with Gasteiger partial charge in [0.2, 0.25) is 5.91 Å². The lowest BCUT2D eigenvalue weighted by atomic mass is 9.99. The van der Waals surface area contributed by atoms with Gasteiger partial charge in [-0.05, 0) is 44.1 Å². The van der Waals surface area contributed by atoms with Gasteiger partial charge in [-0.1, -0.05) is 13.8 Å². The van der Waals surface area contributed by atoms with Crippen LogP contribution in [0.15, 0.2) is 0 Å². The predicted octanol–water partition coefficient (Wildman–Crippen LogP) is 2.38. The summed E-state index contributed by atoms with van der Waals surface area (Å²) in [6.07, 6.45) is 5.48. The molecule has 0 aromatic heterocycles. The van der Waals surface area contributed by atoms with E-state index in [2.05, 4.69) is 23.6 Å². The monoisotopic (exact) mass is 296 g/mol. The number of carbonyl (C=O) groups is 1. The molecule has 21 heavy (non-hydrogen) atoms. The average Bonchev–Trinajstić information content (AvgIpc) is 2.52. The molecule has 0 aromatic rings. The Balaban J connectivity index is 1.70. The molecule has 0 unspecified atom stereocenters. The zero-order valence-electron chi connectivity index (χ0n) is 13.9. The Morgan fingerprint density at radius 1 is 1.29 bits per heavy atom. The number of ether oxygens (including phenoxy) is 1. The first kappa shape index (κ1) is 16.8. The van der Waals surface area contributed by atoms with E-state index in [4.69, 9.17) is 4.74 Å². The van der Waals surface area contributed by atoms with Crippen LogP contribution in [-0.2, 0) is 9.53 Å². The van der Waals surface area contributed by atoms with Gasteiger partial charge < -0.3 is 14.5 Å². The van der Waals surface area contributed by atoms with Crippen molar-refractivity contribution in [2.24, 2.45) is 11.8 Å². The number of hydrogen-bond acceptors (Lipinski definition) is 3. The van der Waals surface area contributed by atoms with Crippen molar-refractivity contribution >= 4 is 5.91 Å². The zero-order chi connectivity index (χ0) is 15.1. The number of hydrogen-bond donors (Lipinski definition) is 0. The summed E-state index contributed by atoms with van der Waals surface area (Å²) >= 11 is 0. The number of amides is 1. The second kappa shape index (κ2) is 8.74. The molecule has 2 fully saturated rings. The summed E-state index contributed by atoms with van der Waals surface area (Å²) in [6.45, 7) is 11.3. The first-order valence-corrected chi connectivity index (χ1v) is 8.77. The van der Waals surface area contributed by atoms with Crippen molar-refractivity contribution in [3.63, 3.8) is 0 Å². The van der Waals surface area contributed by atoms with Crippen molar-refractivity contribution < 1.29 is 9.53 Å². The maximum absolute atomic E-state index is 12.3. The SMILES string of the molecule is CCN(CCC(=O)N1CCC[C@@H](C)C1)CC1CCOCC1. The first-order valence-electron chi connectivity index (χ1n) is 8.77. The number of likely N-dealkylation sites (tertiary alicyclic amines) is 1. The van der Waals surface area contributed by atoms with Crippen LogP contribution in [0, 0.1) is 11.8 Å². The molecule has 2 saturated heterocycles. The highest BCUT2D eigenvalue weighted by Crippen LogP contribution is 2.18. The largest absolute Gasteiger partial charge is 0.381 e. The number of rotatable bonds is 6. The van der Waals surface area contributed by atoms with Crippen molar-refractivity contribution in [3.8, 4) is 0 Å². The van der Waals surface area contributed by atoms with E-state index >= 15 is 0 Å². The summed E-state index contributed by atoms with van der Waals surface area (Å²) in [5.74, 6) is 1.78. The van der Waals surface area contributed by atoms with E-state index in [1.54, 1.807) is 0 Å². The van der Waals surface area contributed by atoms with Crippen LogP contribution in [-0.4, -0.2) is 61.6 Å². The van der Waals surface area contributed by atoms with E-state index in [0.717, 1.165) is 51.9 Å². The van der Waals surface area contributed by atoms with Crippen molar-refractivity contribution in [2.75, 3.05) is 45.9 Å². The van der Waals surface area contributed by atoms with Crippen LogP contribution < -0.4 is 0 Å². The molecule has 2 aliphatic heterocycles. The summed E-state index contributed by atoms with van der Waals surface area (Å²) in [4.78, 5) is 16.9. The summed E-state index contributed by atoms with van der Waals surface area (Å²) < 4.78 is 5.42. The molecule has 0 aliphatic carbocycles. The third-order valence-corrected chi connectivity index (χ3v) is 4.96. The predicted molar refractivity (Wildman–Crippen MR) is 85.3 cm³/mol. The molecule has 1 amide bonds. The van der Waals surface area contributed by atoms with Crippen molar-refractivity contribution in [1.29, 1.82) is 0 Å². The minimum Gasteiger partial charge on any atom is -0.381 e. The minimum atomic E-state index is 0.354. The molecular weight excluding hydrogens is 264 g/mol. The molecule has 0 N–H and O–H groups in total. The van der Waals surface area contributed by atoms with Gasteiger partial charge in [0.1, 0.15) is 0 Å². The zero-order valence-corrected chi connectivity index (χ0v) is 13.9. The van der Waals surface area contributed by atoms with E-state index in [-0.39, 0.29) is 0 Å². The Morgan fingerprint density at radius 3 is 2.71 bits per heavy atom. The van der Waals surface area contributed by atoms with Crippen LogP contribution in [0.5, 0.6) is 0 Å². The number of nitrogens with zero attached hydrogens (tertiary/aromatic N) is 2. The summed E-state index contributed by atoms with van der Waals surface area (Å²) in [5.41, 5.74) is 0. The Morgan fingerprint density at radius 2 is 2.05 bits per heavy atom. The molecule has 0 aromatic carbocycles. The molecule has 122 valence electrons. The van der Waals surface area contributed by atoms with E-state index < -0.39 is 0 Å². The van der Waals surface area contributed by atoms with Crippen LogP contribution in [0.2, 0.25) is 0 Å². The van der Waals surface area contributed by atoms with Crippen LogP contribution in [0.1, 0.15) is 46.0 Å². The Hall–Kier alpha value is -0.610. The van der Waals surface area contributed by atoms with Crippen LogP contribution in [0.25, 0.3) is 0 Å². The standard InChI is InChI=1S/C17H32N2O2/c1-3-18(14-16-7-11-21-12-8-16)10-6-17(20)19-9-4-5-15(2)13-19/h15-16H,3-14H2,1-2H3/t15-/m1/s1. The van der Waals surface area contributed by atoms with Gasteiger partial charge in [-0.25, -0.2) is 0 Å². The Labute approximate surface area is 129 Å². The van der Waals surface area contributed by atoms with Gasteiger partial charge in [-0.3, -0.25) is 4.79 Å². The topological polar surface area (TPSA) is 32.8 Å². The quantitative estimate of drug-likeness (QED) is 0.754. The molecule has 2 aliphatic rings. The van der Waals surface area contributed by atoms with Crippen molar-refractivity contribution in [3.05, 3.63) is 0 Å². The Kier molecular flexibility index (Phi) is 6.97. The summed E-state index contributed by atoms with van der Waals surface area (Å²) in [5, 5.41) is 0. The maximum Gasteiger partial charge on any atom is 0.223 e. The normalized spacial score (nSPS) is 24.5. The van der Waals surface area contributed by atoms with Gasteiger partial charge in [-0.15, -0.1) is 0 Å². The van der Waals surface area contributed by atoms with Crippen molar-refractivity contribution in [1.82, 2.24) is 9.80 Å². The molecule has 0 spiro atoms. The fraction of sp³-hybridized carbons (Fsp3) is 0.941. The fourth-order valence-electron chi connectivity index (χ4n) is 3.50.